The summed E-state index contributed by atoms with van der Waals surface area (Å²) in [7, 11) is -3.35. The largest absolute Gasteiger partial charge is 0.337 e. The summed E-state index contributed by atoms with van der Waals surface area (Å²) in [6, 6.07) is 3.68. The topological polar surface area (TPSA) is 79.4 Å². The Morgan fingerprint density at radius 3 is 2.79 bits per heavy atom. The fourth-order valence-electron chi connectivity index (χ4n) is 2.54. The Bertz CT molecular complexity index is 875. The molecule has 0 aliphatic carbocycles. The summed E-state index contributed by atoms with van der Waals surface area (Å²) >= 11 is 8.65. The number of fused-ring (bicyclic) bond motifs is 1. The van der Waals surface area contributed by atoms with E-state index in [1.54, 1.807) is 11.0 Å². The minimum atomic E-state index is -3.35. The minimum absolute atomic E-state index is 0.0465. The lowest BCUT2D eigenvalue weighted by Gasteiger charge is -2.28. The number of sulfonamides is 1. The standard InChI is InChI=1S/C14H16ClN3O3S3/c1-8(10-3-4-12(15)22-10)13(19)18-6-5-9-11(7-18)23-14(16-9)17-24(2,20)21/h3-4,8H,5-7H2,1-2H3,(H,16,17)/t8-/m1/s1. The number of carbonyl (C=O) groups excluding carboxylic acids is 1. The van der Waals surface area contributed by atoms with Gasteiger partial charge in [-0.25, -0.2) is 13.4 Å². The first-order chi connectivity index (χ1) is 11.2. The number of nitrogens with one attached hydrogen (secondary N) is 1. The summed E-state index contributed by atoms with van der Waals surface area (Å²) in [6.07, 6.45) is 1.72. The lowest BCUT2D eigenvalue weighted by Crippen LogP contribution is -2.37. The van der Waals surface area contributed by atoms with Crippen molar-refractivity contribution in [2.75, 3.05) is 17.5 Å². The number of hydrogen-bond donors (Lipinski definition) is 1. The van der Waals surface area contributed by atoms with E-state index in [4.69, 9.17) is 11.6 Å². The van der Waals surface area contributed by atoms with Crippen molar-refractivity contribution in [1.29, 1.82) is 0 Å². The average Bonchev–Trinajstić information content (AvgIpc) is 3.08. The highest BCUT2D eigenvalue weighted by Crippen LogP contribution is 2.32. The van der Waals surface area contributed by atoms with Crippen LogP contribution in [0.15, 0.2) is 12.1 Å². The van der Waals surface area contributed by atoms with Gasteiger partial charge in [-0.05, 0) is 19.1 Å². The molecule has 2 aromatic rings. The number of anilines is 1. The van der Waals surface area contributed by atoms with Gasteiger partial charge in [-0.2, -0.15) is 0 Å². The molecule has 0 spiro atoms. The van der Waals surface area contributed by atoms with Crippen LogP contribution in [0.1, 0.15) is 28.3 Å². The second kappa shape index (κ2) is 6.62. The SMILES string of the molecule is C[C@@H](C(=O)N1CCc2nc(NS(C)(=O)=O)sc2C1)c1ccc(Cl)s1. The van der Waals surface area contributed by atoms with Crippen LogP contribution in [-0.2, 0) is 27.8 Å². The molecule has 0 saturated carbocycles. The molecule has 3 rings (SSSR count). The zero-order chi connectivity index (χ0) is 17.5. The lowest BCUT2D eigenvalue weighted by atomic mass is 10.1. The van der Waals surface area contributed by atoms with E-state index in [1.807, 2.05) is 13.0 Å². The highest BCUT2D eigenvalue weighted by atomic mass is 35.5. The zero-order valence-corrected chi connectivity index (χ0v) is 16.3. The molecular formula is C14H16ClN3O3S3. The Labute approximate surface area is 153 Å². The molecule has 1 atom stereocenters. The molecule has 0 radical (unpaired) electrons. The Kier molecular flexibility index (Phi) is 4.87. The number of carbonyl (C=O) groups is 1. The quantitative estimate of drug-likeness (QED) is 0.848. The third-order valence-corrected chi connectivity index (χ3v) is 6.81. The summed E-state index contributed by atoms with van der Waals surface area (Å²) in [5.74, 6) is -0.198. The maximum atomic E-state index is 12.7. The third-order valence-electron chi connectivity index (χ3n) is 3.71. The first kappa shape index (κ1) is 17.7. The number of thiophene rings is 1. The van der Waals surface area contributed by atoms with Crippen LogP contribution in [-0.4, -0.2) is 37.0 Å². The predicted molar refractivity (Wildman–Crippen MR) is 97.4 cm³/mol. The average molecular weight is 406 g/mol. The Balaban J connectivity index is 1.73. The van der Waals surface area contributed by atoms with Crippen LogP contribution in [0.5, 0.6) is 0 Å². The molecule has 0 saturated heterocycles. The van der Waals surface area contributed by atoms with Crippen LogP contribution in [0.3, 0.4) is 0 Å². The van der Waals surface area contributed by atoms with Crippen molar-refractivity contribution in [3.8, 4) is 0 Å². The lowest BCUT2D eigenvalue weighted by molar-refractivity contribution is -0.133. The van der Waals surface area contributed by atoms with Gasteiger partial charge in [0.05, 0.1) is 28.7 Å². The molecule has 10 heteroatoms. The minimum Gasteiger partial charge on any atom is -0.337 e. The smallest absolute Gasteiger partial charge is 0.231 e. The maximum Gasteiger partial charge on any atom is 0.231 e. The molecule has 0 unspecified atom stereocenters. The molecule has 1 aliphatic rings. The summed E-state index contributed by atoms with van der Waals surface area (Å²) in [5, 5.41) is 0.356. The summed E-state index contributed by atoms with van der Waals surface area (Å²) in [6.45, 7) is 2.92. The van der Waals surface area contributed by atoms with E-state index in [0.29, 0.717) is 29.0 Å². The predicted octanol–water partition coefficient (Wildman–Crippen LogP) is 2.92. The molecule has 1 aliphatic heterocycles. The number of halogens is 1. The molecule has 3 heterocycles. The fraction of sp³-hybridized carbons (Fsp3) is 0.429. The van der Waals surface area contributed by atoms with Gasteiger partial charge in [0.25, 0.3) is 0 Å². The second-order valence-corrected chi connectivity index (χ2v) is 10.2. The first-order valence-corrected chi connectivity index (χ1v) is 11.1. The van der Waals surface area contributed by atoms with E-state index < -0.39 is 10.0 Å². The van der Waals surface area contributed by atoms with Crippen molar-refractivity contribution in [2.45, 2.75) is 25.8 Å². The van der Waals surface area contributed by atoms with E-state index in [2.05, 4.69) is 9.71 Å². The number of rotatable bonds is 4. The number of hydrogen-bond acceptors (Lipinski definition) is 6. The van der Waals surface area contributed by atoms with Gasteiger partial charge in [0.15, 0.2) is 5.13 Å². The molecule has 24 heavy (non-hydrogen) atoms. The molecule has 130 valence electrons. The summed E-state index contributed by atoms with van der Waals surface area (Å²) < 4.78 is 25.7. The number of aromatic nitrogens is 1. The Morgan fingerprint density at radius 1 is 1.42 bits per heavy atom. The van der Waals surface area contributed by atoms with Gasteiger partial charge in [-0.3, -0.25) is 9.52 Å². The molecule has 1 N–H and O–H groups in total. The summed E-state index contributed by atoms with van der Waals surface area (Å²) in [4.78, 5) is 20.7. The zero-order valence-electron chi connectivity index (χ0n) is 13.1. The maximum absolute atomic E-state index is 12.7. The third kappa shape index (κ3) is 3.90. The van der Waals surface area contributed by atoms with Crippen molar-refractivity contribution in [3.05, 3.63) is 31.9 Å². The summed E-state index contributed by atoms with van der Waals surface area (Å²) in [5.41, 5.74) is 0.863. The van der Waals surface area contributed by atoms with Crippen molar-refractivity contribution < 1.29 is 13.2 Å². The second-order valence-electron chi connectivity index (χ2n) is 5.64. The Morgan fingerprint density at radius 2 is 2.17 bits per heavy atom. The van der Waals surface area contributed by atoms with Crippen molar-refractivity contribution in [1.82, 2.24) is 9.88 Å². The van der Waals surface area contributed by atoms with Crippen LogP contribution < -0.4 is 4.72 Å². The van der Waals surface area contributed by atoms with Crippen LogP contribution in [0.4, 0.5) is 5.13 Å². The van der Waals surface area contributed by atoms with E-state index in [1.165, 1.54) is 22.7 Å². The van der Waals surface area contributed by atoms with Gasteiger partial charge < -0.3 is 4.90 Å². The van der Waals surface area contributed by atoms with Gasteiger partial charge in [0, 0.05) is 22.7 Å². The highest BCUT2D eigenvalue weighted by molar-refractivity contribution is 7.92. The van der Waals surface area contributed by atoms with Crippen LogP contribution in [0, 0.1) is 0 Å². The molecule has 0 aromatic carbocycles. The monoisotopic (exact) mass is 405 g/mol. The van der Waals surface area contributed by atoms with Crippen molar-refractivity contribution >= 4 is 55.3 Å². The number of nitrogens with zero attached hydrogens (tertiary/aromatic N) is 2. The first-order valence-electron chi connectivity index (χ1n) is 7.23. The normalized spacial score (nSPS) is 15.9. The molecular weight excluding hydrogens is 390 g/mol. The fourth-order valence-corrected chi connectivity index (χ4v) is 5.51. The Hall–Kier alpha value is -1.16. The van der Waals surface area contributed by atoms with Gasteiger partial charge in [0.2, 0.25) is 15.9 Å². The van der Waals surface area contributed by atoms with Gasteiger partial charge in [0.1, 0.15) is 0 Å². The highest BCUT2D eigenvalue weighted by Gasteiger charge is 2.28. The van der Waals surface area contributed by atoms with E-state index in [0.717, 1.165) is 21.7 Å². The van der Waals surface area contributed by atoms with Crippen LogP contribution in [0.2, 0.25) is 4.34 Å². The molecule has 0 fully saturated rings. The number of amides is 1. The number of thiazole rings is 1. The van der Waals surface area contributed by atoms with Crippen LogP contribution >= 0.6 is 34.3 Å². The molecule has 0 bridgehead atoms. The van der Waals surface area contributed by atoms with Crippen LogP contribution in [0.25, 0.3) is 0 Å². The molecule has 1 amide bonds. The molecule has 6 nitrogen and oxygen atoms in total. The van der Waals surface area contributed by atoms with Crippen molar-refractivity contribution in [3.63, 3.8) is 0 Å². The molecule has 2 aromatic heterocycles. The van der Waals surface area contributed by atoms with E-state index >= 15 is 0 Å². The van der Waals surface area contributed by atoms with Gasteiger partial charge in [-0.1, -0.05) is 22.9 Å². The van der Waals surface area contributed by atoms with Gasteiger partial charge in [-0.15, -0.1) is 11.3 Å². The van der Waals surface area contributed by atoms with Gasteiger partial charge >= 0.3 is 0 Å². The van der Waals surface area contributed by atoms with Crippen molar-refractivity contribution in [2.24, 2.45) is 0 Å². The van der Waals surface area contributed by atoms with E-state index in [9.17, 15) is 13.2 Å². The van der Waals surface area contributed by atoms with E-state index in [-0.39, 0.29) is 11.8 Å².